The molecule has 106 valence electrons. The van der Waals surface area contributed by atoms with Crippen LogP contribution in [0.15, 0.2) is 47.2 Å². The number of anilines is 1. The van der Waals surface area contributed by atoms with Crippen LogP contribution in [0.2, 0.25) is 0 Å². The van der Waals surface area contributed by atoms with E-state index in [2.05, 4.69) is 15.6 Å². The lowest BCUT2D eigenvalue weighted by Gasteiger charge is -2.09. The fraction of sp³-hybridized carbons (Fsp3) is 0.125. The molecule has 2 heterocycles. The average molecular weight is 297 g/mol. The van der Waals surface area contributed by atoms with Gasteiger partial charge < -0.3 is 10.6 Å². The van der Waals surface area contributed by atoms with E-state index in [1.807, 2.05) is 48.1 Å². The minimum atomic E-state index is -0.163. The van der Waals surface area contributed by atoms with Gasteiger partial charge >= 0.3 is 0 Å². The molecule has 5 heteroatoms. The first kappa shape index (κ1) is 13.6. The Morgan fingerprint density at radius 3 is 2.90 bits per heavy atom. The monoisotopic (exact) mass is 297 g/mol. The fourth-order valence-electron chi connectivity index (χ4n) is 2.16. The zero-order valence-electron chi connectivity index (χ0n) is 11.6. The highest BCUT2D eigenvalue weighted by Crippen LogP contribution is 2.22. The summed E-state index contributed by atoms with van der Waals surface area (Å²) >= 11 is 1.62. The van der Waals surface area contributed by atoms with Crippen LogP contribution in [0.3, 0.4) is 0 Å². The zero-order chi connectivity index (χ0) is 14.7. The van der Waals surface area contributed by atoms with Gasteiger partial charge in [-0.25, -0.2) is 4.98 Å². The van der Waals surface area contributed by atoms with Crippen molar-refractivity contribution in [2.45, 2.75) is 6.54 Å². The number of amides is 1. The van der Waals surface area contributed by atoms with Crippen molar-refractivity contribution in [3.63, 3.8) is 0 Å². The van der Waals surface area contributed by atoms with Crippen molar-refractivity contribution in [2.24, 2.45) is 0 Å². The van der Waals surface area contributed by atoms with Crippen LogP contribution in [0.5, 0.6) is 0 Å². The highest BCUT2D eigenvalue weighted by molar-refractivity contribution is 7.07. The van der Waals surface area contributed by atoms with E-state index in [9.17, 15) is 4.79 Å². The molecule has 0 saturated heterocycles. The maximum atomic E-state index is 12.3. The summed E-state index contributed by atoms with van der Waals surface area (Å²) in [5.41, 5.74) is 3.24. The lowest BCUT2D eigenvalue weighted by Crippen LogP contribution is -2.23. The van der Waals surface area contributed by atoms with E-state index in [-0.39, 0.29) is 5.91 Å². The van der Waals surface area contributed by atoms with Gasteiger partial charge in [-0.05, 0) is 34.5 Å². The summed E-state index contributed by atoms with van der Waals surface area (Å²) in [7, 11) is 1.84. The standard InChI is InChI=1S/C16H15N3OS/c1-17-14-8-15(19-13-5-3-2-4-12(13)14)16(20)18-9-11-6-7-21-10-11/h2-8,10H,9H2,1H3,(H,17,19)(H,18,20). The summed E-state index contributed by atoms with van der Waals surface area (Å²) in [4.78, 5) is 16.7. The average Bonchev–Trinajstić information content (AvgIpc) is 3.04. The molecule has 0 aliphatic carbocycles. The first-order valence-corrected chi connectivity index (χ1v) is 7.59. The Morgan fingerprint density at radius 2 is 2.14 bits per heavy atom. The normalized spacial score (nSPS) is 10.5. The minimum Gasteiger partial charge on any atom is -0.388 e. The molecule has 0 saturated carbocycles. The molecule has 21 heavy (non-hydrogen) atoms. The first-order valence-electron chi connectivity index (χ1n) is 6.65. The third kappa shape index (κ3) is 2.87. The van der Waals surface area contributed by atoms with Gasteiger partial charge in [0.05, 0.1) is 5.52 Å². The molecule has 0 spiro atoms. The molecular formula is C16H15N3OS. The summed E-state index contributed by atoms with van der Waals surface area (Å²) in [5.74, 6) is -0.163. The van der Waals surface area contributed by atoms with Crippen LogP contribution in [0.4, 0.5) is 5.69 Å². The summed E-state index contributed by atoms with van der Waals surface area (Å²) < 4.78 is 0. The summed E-state index contributed by atoms with van der Waals surface area (Å²) in [6.07, 6.45) is 0. The Kier molecular flexibility index (Phi) is 3.83. The molecule has 1 amide bonds. The molecule has 3 aromatic rings. The van der Waals surface area contributed by atoms with Crippen LogP contribution in [-0.4, -0.2) is 17.9 Å². The Bertz CT molecular complexity index is 768. The van der Waals surface area contributed by atoms with Gasteiger partial charge in [-0.1, -0.05) is 18.2 Å². The predicted octanol–water partition coefficient (Wildman–Crippen LogP) is 3.27. The second-order valence-electron chi connectivity index (χ2n) is 4.64. The molecule has 0 unspecified atom stereocenters. The Hall–Kier alpha value is -2.40. The summed E-state index contributed by atoms with van der Waals surface area (Å²) in [5, 5.41) is 11.0. The number of carbonyl (C=O) groups excluding carboxylic acids is 1. The van der Waals surface area contributed by atoms with Crippen molar-refractivity contribution in [3.05, 3.63) is 58.4 Å². The second-order valence-corrected chi connectivity index (χ2v) is 5.42. The molecular weight excluding hydrogens is 282 g/mol. The predicted molar refractivity (Wildman–Crippen MR) is 86.8 cm³/mol. The van der Waals surface area contributed by atoms with E-state index in [4.69, 9.17) is 0 Å². The molecule has 2 N–H and O–H groups in total. The number of rotatable bonds is 4. The van der Waals surface area contributed by atoms with Gasteiger partial charge in [-0.2, -0.15) is 11.3 Å². The SMILES string of the molecule is CNc1cc(C(=O)NCc2ccsc2)nc2ccccc12. The molecule has 2 aromatic heterocycles. The number of benzene rings is 1. The molecule has 0 atom stereocenters. The summed E-state index contributed by atoms with van der Waals surface area (Å²) in [6.45, 7) is 0.520. The van der Waals surface area contributed by atoms with Crippen molar-refractivity contribution in [1.29, 1.82) is 0 Å². The van der Waals surface area contributed by atoms with Crippen LogP contribution in [-0.2, 0) is 6.54 Å². The largest absolute Gasteiger partial charge is 0.388 e. The Balaban J connectivity index is 1.87. The van der Waals surface area contributed by atoms with Crippen LogP contribution in [0.25, 0.3) is 10.9 Å². The summed E-state index contributed by atoms with van der Waals surface area (Å²) in [6, 6.07) is 11.6. The molecule has 0 bridgehead atoms. The number of aromatic nitrogens is 1. The highest BCUT2D eigenvalue weighted by atomic mass is 32.1. The molecule has 1 aromatic carbocycles. The van der Waals surface area contributed by atoms with E-state index in [1.54, 1.807) is 17.4 Å². The van der Waals surface area contributed by atoms with E-state index in [0.29, 0.717) is 12.2 Å². The van der Waals surface area contributed by atoms with Crippen molar-refractivity contribution >= 4 is 33.8 Å². The van der Waals surface area contributed by atoms with E-state index in [1.165, 1.54) is 0 Å². The number of hydrogen-bond donors (Lipinski definition) is 2. The number of carbonyl (C=O) groups is 1. The lowest BCUT2D eigenvalue weighted by atomic mass is 10.1. The lowest BCUT2D eigenvalue weighted by molar-refractivity contribution is 0.0946. The fourth-order valence-corrected chi connectivity index (χ4v) is 2.83. The van der Waals surface area contributed by atoms with E-state index in [0.717, 1.165) is 22.2 Å². The Labute approximate surface area is 126 Å². The van der Waals surface area contributed by atoms with Crippen molar-refractivity contribution in [1.82, 2.24) is 10.3 Å². The number of thiophene rings is 1. The van der Waals surface area contributed by atoms with Gasteiger partial charge in [-0.3, -0.25) is 4.79 Å². The van der Waals surface area contributed by atoms with Crippen LogP contribution in [0, 0.1) is 0 Å². The maximum Gasteiger partial charge on any atom is 0.270 e. The number of fused-ring (bicyclic) bond motifs is 1. The smallest absolute Gasteiger partial charge is 0.270 e. The van der Waals surface area contributed by atoms with Crippen LogP contribution < -0.4 is 10.6 Å². The van der Waals surface area contributed by atoms with Gasteiger partial charge in [-0.15, -0.1) is 0 Å². The third-order valence-electron chi connectivity index (χ3n) is 3.25. The Morgan fingerprint density at radius 1 is 1.29 bits per heavy atom. The zero-order valence-corrected chi connectivity index (χ0v) is 12.4. The molecule has 0 fully saturated rings. The molecule has 3 rings (SSSR count). The highest BCUT2D eigenvalue weighted by Gasteiger charge is 2.11. The molecule has 0 aliphatic rings. The number of nitrogens with zero attached hydrogens (tertiary/aromatic N) is 1. The van der Waals surface area contributed by atoms with Crippen molar-refractivity contribution in [3.8, 4) is 0 Å². The molecule has 0 aliphatic heterocycles. The van der Waals surface area contributed by atoms with Gasteiger partial charge in [0.15, 0.2) is 0 Å². The first-order chi connectivity index (χ1) is 10.3. The van der Waals surface area contributed by atoms with E-state index < -0.39 is 0 Å². The molecule has 0 radical (unpaired) electrons. The van der Waals surface area contributed by atoms with E-state index >= 15 is 0 Å². The quantitative estimate of drug-likeness (QED) is 0.777. The third-order valence-corrected chi connectivity index (χ3v) is 3.98. The number of pyridine rings is 1. The number of nitrogens with one attached hydrogen (secondary N) is 2. The maximum absolute atomic E-state index is 12.3. The van der Waals surface area contributed by atoms with Crippen molar-refractivity contribution < 1.29 is 4.79 Å². The molecule has 4 nitrogen and oxygen atoms in total. The van der Waals surface area contributed by atoms with Gasteiger partial charge in [0.25, 0.3) is 5.91 Å². The number of para-hydroxylation sites is 1. The van der Waals surface area contributed by atoms with Crippen LogP contribution in [0.1, 0.15) is 16.1 Å². The van der Waals surface area contributed by atoms with Crippen molar-refractivity contribution in [2.75, 3.05) is 12.4 Å². The minimum absolute atomic E-state index is 0.163. The van der Waals surface area contributed by atoms with Gasteiger partial charge in [0, 0.05) is 24.7 Å². The van der Waals surface area contributed by atoms with Gasteiger partial charge in [0.1, 0.15) is 5.69 Å². The second kappa shape index (κ2) is 5.93. The number of hydrogen-bond acceptors (Lipinski definition) is 4. The topological polar surface area (TPSA) is 54.0 Å². The van der Waals surface area contributed by atoms with Gasteiger partial charge in [0.2, 0.25) is 0 Å². The van der Waals surface area contributed by atoms with Crippen LogP contribution >= 0.6 is 11.3 Å².